The standard InChI is InChI=1S/C25H21FN3O5.C2H6.C2H5.U.V/c1-3-25(33)15-6-19-22-13(8-29(19)23(31)14(15)9-34-24(25)32)21-17(27-10-30)5-4-12-11(2)16(26)7-18(28-22)20(12)21;2*1-2;;/h6-7,17,33H,3-5,8-9H2,1-2H3,(H,27,30);1-2H3;1H2,2H3;;/q-1;;-1;;/t17-,25-;;;;/m0..../s1. The molecule has 0 bridgehead atoms. The molecule has 211 valence electrons. The van der Waals surface area contributed by atoms with E-state index in [0.717, 1.165) is 22.1 Å². The maximum Gasteiger partial charge on any atom is 0.343 e. The van der Waals surface area contributed by atoms with Crippen molar-refractivity contribution in [3.63, 3.8) is 0 Å². The molecule has 0 saturated carbocycles. The van der Waals surface area contributed by atoms with E-state index < -0.39 is 11.6 Å². The number of hydrogen-bond donors (Lipinski definition) is 2. The van der Waals surface area contributed by atoms with Crippen molar-refractivity contribution in [1.29, 1.82) is 0 Å². The number of amides is 1. The molecule has 0 unspecified atom stereocenters. The van der Waals surface area contributed by atoms with Gasteiger partial charge in [-0.2, -0.15) is 13.3 Å². The summed E-state index contributed by atoms with van der Waals surface area (Å²) in [5.74, 6) is -1.15. The van der Waals surface area contributed by atoms with E-state index in [1.165, 1.54) is 6.07 Å². The maximum absolute atomic E-state index is 14.8. The molecule has 3 aromatic rings. The largest absolute Gasteiger partial charge is 0.524 e. The van der Waals surface area contributed by atoms with Crippen LogP contribution in [0.3, 0.4) is 0 Å². The van der Waals surface area contributed by atoms with E-state index in [1.54, 1.807) is 37.8 Å². The van der Waals surface area contributed by atoms with E-state index in [2.05, 4.69) is 12.2 Å². The van der Waals surface area contributed by atoms with Crippen LogP contribution in [-0.2, 0) is 58.1 Å². The summed E-state index contributed by atoms with van der Waals surface area (Å²) >= 11 is 0. The van der Waals surface area contributed by atoms with Crippen LogP contribution in [-0.4, -0.2) is 27.0 Å². The van der Waals surface area contributed by atoms with Crippen LogP contribution in [0.25, 0.3) is 22.3 Å². The first-order valence-corrected chi connectivity index (χ1v) is 12.9. The molecule has 3 aliphatic rings. The second-order valence-electron chi connectivity index (χ2n) is 9.15. The van der Waals surface area contributed by atoms with Gasteiger partial charge in [-0.1, -0.05) is 20.8 Å². The monoisotopic (exact) mass is 810 g/mol. The van der Waals surface area contributed by atoms with Gasteiger partial charge in [0.05, 0.1) is 29.0 Å². The van der Waals surface area contributed by atoms with E-state index in [1.807, 2.05) is 13.8 Å². The van der Waals surface area contributed by atoms with Crippen LogP contribution in [0.15, 0.2) is 16.9 Å². The number of carbonyl (C=O) groups excluding carboxylic acids is 2. The van der Waals surface area contributed by atoms with Gasteiger partial charge in [0.25, 0.3) is 5.56 Å². The number of cyclic esters (lactones) is 1. The second kappa shape index (κ2) is 13.4. The van der Waals surface area contributed by atoms with Crippen LogP contribution in [0.5, 0.6) is 0 Å². The van der Waals surface area contributed by atoms with Gasteiger partial charge in [0.15, 0.2) is 5.60 Å². The molecule has 4 heterocycles. The van der Waals surface area contributed by atoms with Crippen molar-refractivity contribution in [2.45, 2.75) is 78.7 Å². The number of ether oxygens (including phenoxy) is 1. The number of hydrogen-bond acceptors (Lipinski definition) is 6. The number of carbonyl (C=O) groups is 1. The zero-order valence-electron chi connectivity index (χ0n) is 23.3. The van der Waals surface area contributed by atoms with Crippen molar-refractivity contribution < 1.29 is 73.5 Å². The average Bonchev–Trinajstić information content (AvgIpc) is 3.31. The van der Waals surface area contributed by atoms with Crippen molar-refractivity contribution >= 4 is 23.3 Å². The van der Waals surface area contributed by atoms with E-state index in [0.29, 0.717) is 35.3 Å². The summed E-state index contributed by atoms with van der Waals surface area (Å²) in [7, 11) is 0. The van der Waals surface area contributed by atoms with E-state index >= 15 is 0 Å². The average molecular weight is 811 g/mol. The molecule has 1 aromatic carbocycles. The van der Waals surface area contributed by atoms with Crippen molar-refractivity contribution in [3.8, 4) is 11.4 Å². The number of benzene rings is 1. The Morgan fingerprint density at radius 1 is 1.25 bits per heavy atom. The molecule has 1 aliphatic carbocycles. The molecule has 11 heteroatoms. The Balaban J connectivity index is 0.000000896. The molecular formula is C29H32FN3O5UV-2. The third-order valence-electron chi connectivity index (χ3n) is 7.61. The Bertz CT molecular complexity index is 1530. The normalized spacial score (nSPS) is 19.1. The van der Waals surface area contributed by atoms with E-state index in [4.69, 9.17) is 9.72 Å². The van der Waals surface area contributed by atoms with Crippen molar-refractivity contribution in [3.05, 3.63) is 68.6 Å². The molecule has 2 aliphatic heterocycles. The Labute approximate surface area is 268 Å². The summed E-state index contributed by atoms with van der Waals surface area (Å²) < 4.78 is 21.4. The fourth-order valence-corrected chi connectivity index (χ4v) is 5.77. The molecule has 0 saturated heterocycles. The zero-order chi connectivity index (χ0) is 27.9. The summed E-state index contributed by atoms with van der Waals surface area (Å²) in [6, 6.07) is 2.65. The summed E-state index contributed by atoms with van der Waals surface area (Å²) in [4.78, 5) is 41.9. The molecule has 0 spiro atoms. The Morgan fingerprint density at radius 3 is 2.55 bits per heavy atom. The number of halogens is 1. The van der Waals surface area contributed by atoms with Gasteiger partial charge in [-0.05, 0) is 48.9 Å². The summed E-state index contributed by atoms with van der Waals surface area (Å²) in [5.41, 5.74) is 2.50. The minimum Gasteiger partial charge on any atom is -0.524 e. The number of nitrogens with one attached hydrogen (secondary N) is 1. The summed E-state index contributed by atoms with van der Waals surface area (Å²) in [6.45, 7) is 12.4. The molecular weight excluding hydrogens is 778 g/mol. The van der Waals surface area contributed by atoms with Crippen LogP contribution in [0, 0.1) is 50.8 Å². The number of pyridine rings is 2. The van der Waals surface area contributed by atoms with Crippen LogP contribution >= 0.6 is 0 Å². The molecule has 8 nitrogen and oxygen atoms in total. The van der Waals surface area contributed by atoms with Crippen molar-refractivity contribution in [1.82, 2.24) is 14.9 Å². The topological polar surface area (TPSA) is 111 Å². The zero-order valence-corrected chi connectivity index (χ0v) is 28.8. The number of fused-ring (bicyclic) bond motifs is 5. The van der Waals surface area contributed by atoms with Gasteiger partial charge in [-0.25, -0.2) is 14.2 Å². The third kappa shape index (κ3) is 5.01. The summed E-state index contributed by atoms with van der Waals surface area (Å²) in [6.07, 6.45) is 2.97. The van der Waals surface area contributed by atoms with Crippen LogP contribution in [0.4, 0.5) is 4.39 Å². The Hall–Kier alpha value is -1.95. The molecule has 2 atom stereocenters. The van der Waals surface area contributed by atoms with Gasteiger partial charge in [0.1, 0.15) is 12.4 Å². The predicted molar refractivity (Wildman–Crippen MR) is 141 cm³/mol. The first-order chi connectivity index (χ1) is 18.3. The van der Waals surface area contributed by atoms with E-state index in [-0.39, 0.29) is 97.8 Å². The first kappa shape index (κ1) is 34.2. The van der Waals surface area contributed by atoms with E-state index in [9.17, 15) is 23.9 Å². The summed E-state index contributed by atoms with van der Waals surface area (Å²) in [5, 5.41) is 14.6. The first-order valence-electron chi connectivity index (χ1n) is 12.9. The molecule has 2 aromatic heterocycles. The molecule has 1 radical (unpaired) electrons. The molecule has 40 heavy (non-hydrogen) atoms. The van der Waals surface area contributed by atoms with Crippen molar-refractivity contribution in [2.75, 3.05) is 0 Å². The third-order valence-corrected chi connectivity index (χ3v) is 7.61. The number of aliphatic hydroxyl groups is 1. The number of esters is 1. The SMILES string of the molecule is CC.CC[C@@]1(O)C(=O)OCc2c1cc1n(c2=O)Cc2c-1nc1cc(F)c(C)c3c1c2[C@@H](N[C-]=O)CC3.[CH2-]C.[U].[V]. The van der Waals surface area contributed by atoms with Gasteiger partial charge < -0.3 is 31.4 Å². The number of aryl methyl sites for hydroxylation is 1. The van der Waals surface area contributed by atoms with Crippen LogP contribution < -0.4 is 10.9 Å². The second-order valence-corrected chi connectivity index (χ2v) is 9.15. The minimum atomic E-state index is -1.93. The van der Waals surface area contributed by atoms with Crippen LogP contribution in [0.1, 0.15) is 80.0 Å². The van der Waals surface area contributed by atoms with Gasteiger partial charge in [-0.3, -0.25) is 4.79 Å². The van der Waals surface area contributed by atoms with Gasteiger partial charge in [0.2, 0.25) is 0 Å². The fraction of sp³-hybridized carbons (Fsp3) is 0.414. The quantitative estimate of drug-likeness (QED) is 0.184. The minimum absolute atomic E-state index is 0. The smallest absolute Gasteiger partial charge is 0.343 e. The Kier molecular flexibility index (Phi) is 11.4. The predicted octanol–water partition coefficient (Wildman–Crippen LogP) is 4.04. The molecule has 6 rings (SSSR count). The molecule has 2 N–H and O–H groups in total. The Morgan fingerprint density at radius 2 is 1.93 bits per heavy atom. The number of aromatic nitrogens is 2. The van der Waals surface area contributed by atoms with Gasteiger partial charge in [-0.15, -0.1) is 0 Å². The van der Waals surface area contributed by atoms with Gasteiger partial charge in [0, 0.05) is 78.3 Å². The number of nitrogens with zero attached hydrogens (tertiary/aromatic N) is 2. The molecule has 1 amide bonds. The molecule has 0 fully saturated rings. The van der Waals surface area contributed by atoms with Crippen LogP contribution in [0.2, 0.25) is 0 Å². The van der Waals surface area contributed by atoms with Gasteiger partial charge >= 0.3 is 5.97 Å². The maximum atomic E-state index is 14.8. The fourth-order valence-electron chi connectivity index (χ4n) is 5.77. The van der Waals surface area contributed by atoms with Crippen molar-refractivity contribution in [2.24, 2.45) is 0 Å². The number of rotatable bonds is 3.